The first-order valence-corrected chi connectivity index (χ1v) is 6.42. The van der Waals surface area contributed by atoms with Gasteiger partial charge in [-0.1, -0.05) is 32.0 Å². The number of fused-ring (bicyclic) bond motifs is 1. The number of hydrogen-bond donors (Lipinski definition) is 1. The number of carbonyl (C=O) groups excluding carboxylic acids is 1. The van der Waals surface area contributed by atoms with Crippen LogP contribution in [0.5, 0.6) is 0 Å². The van der Waals surface area contributed by atoms with E-state index in [1.807, 2.05) is 19.1 Å². The summed E-state index contributed by atoms with van der Waals surface area (Å²) in [4.78, 5) is 12.2. The summed E-state index contributed by atoms with van der Waals surface area (Å²) in [7, 11) is 1.46. The average Bonchev–Trinajstić information content (AvgIpc) is 2.36. The van der Waals surface area contributed by atoms with E-state index < -0.39 is 5.41 Å². The van der Waals surface area contributed by atoms with E-state index in [2.05, 4.69) is 31.3 Å². The van der Waals surface area contributed by atoms with Crippen molar-refractivity contribution < 1.29 is 9.53 Å². The summed E-state index contributed by atoms with van der Waals surface area (Å²) in [5, 5.41) is 3.50. The Balaban J connectivity index is 2.43. The molecule has 0 saturated heterocycles. The van der Waals surface area contributed by atoms with Crippen LogP contribution in [0.2, 0.25) is 0 Å². The minimum Gasteiger partial charge on any atom is -0.469 e. The Hall–Kier alpha value is -1.51. The number of para-hydroxylation sites is 1. The van der Waals surface area contributed by atoms with E-state index in [9.17, 15) is 4.79 Å². The Morgan fingerprint density at radius 2 is 2.11 bits per heavy atom. The van der Waals surface area contributed by atoms with Gasteiger partial charge in [0, 0.05) is 11.7 Å². The first-order valence-electron chi connectivity index (χ1n) is 6.42. The number of anilines is 1. The molecule has 1 aliphatic heterocycles. The van der Waals surface area contributed by atoms with Crippen molar-refractivity contribution in [2.24, 2.45) is 11.3 Å². The van der Waals surface area contributed by atoms with Gasteiger partial charge in [-0.3, -0.25) is 4.79 Å². The van der Waals surface area contributed by atoms with Gasteiger partial charge >= 0.3 is 5.97 Å². The monoisotopic (exact) mass is 247 g/mol. The minimum absolute atomic E-state index is 0.0971. The summed E-state index contributed by atoms with van der Waals surface area (Å²) in [6, 6.07) is 8.26. The van der Waals surface area contributed by atoms with Crippen LogP contribution in [0.1, 0.15) is 26.3 Å². The number of rotatable bonds is 2. The summed E-state index contributed by atoms with van der Waals surface area (Å²) in [6.45, 7) is 6.26. The van der Waals surface area contributed by atoms with Crippen LogP contribution in [-0.4, -0.2) is 19.1 Å². The molecule has 0 saturated carbocycles. The highest BCUT2D eigenvalue weighted by Gasteiger charge is 2.46. The molecule has 0 fully saturated rings. The second-order valence-electron chi connectivity index (χ2n) is 5.61. The number of nitrogens with one attached hydrogen (secondary N) is 1. The molecule has 0 amide bonds. The number of benzene rings is 1. The molecule has 0 bridgehead atoms. The highest BCUT2D eigenvalue weighted by Crippen LogP contribution is 2.40. The Bertz CT molecular complexity index is 456. The second kappa shape index (κ2) is 4.63. The van der Waals surface area contributed by atoms with E-state index in [0.717, 1.165) is 12.1 Å². The van der Waals surface area contributed by atoms with Crippen LogP contribution in [-0.2, 0) is 16.0 Å². The van der Waals surface area contributed by atoms with Crippen LogP contribution < -0.4 is 5.32 Å². The lowest BCUT2D eigenvalue weighted by molar-refractivity contribution is -0.153. The van der Waals surface area contributed by atoms with Crippen molar-refractivity contribution in [1.29, 1.82) is 0 Å². The van der Waals surface area contributed by atoms with E-state index in [1.165, 1.54) is 12.7 Å². The molecule has 0 aliphatic carbocycles. The van der Waals surface area contributed by atoms with Crippen molar-refractivity contribution in [3.8, 4) is 0 Å². The first-order chi connectivity index (χ1) is 8.49. The van der Waals surface area contributed by atoms with Crippen molar-refractivity contribution in [3.05, 3.63) is 29.8 Å². The molecule has 1 aromatic rings. The number of hydrogen-bond acceptors (Lipinski definition) is 3. The normalized spacial score (nSPS) is 26.4. The maximum Gasteiger partial charge on any atom is 0.313 e. The molecule has 2 atom stereocenters. The average molecular weight is 247 g/mol. The van der Waals surface area contributed by atoms with Gasteiger partial charge < -0.3 is 10.1 Å². The summed E-state index contributed by atoms with van der Waals surface area (Å²) in [5.41, 5.74) is 1.82. The Morgan fingerprint density at radius 1 is 1.44 bits per heavy atom. The van der Waals surface area contributed by atoms with Crippen LogP contribution in [0.4, 0.5) is 5.69 Å². The SMILES string of the molecule is COC(=O)[C@]1(C)Cc2ccccc2N[C@H]1C(C)C. The maximum absolute atomic E-state index is 12.2. The summed E-state index contributed by atoms with van der Waals surface area (Å²) >= 11 is 0. The lowest BCUT2D eigenvalue weighted by Gasteiger charge is -2.43. The number of ether oxygens (including phenoxy) is 1. The molecule has 0 unspecified atom stereocenters. The predicted molar refractivity (Wildman–Crippen MR) is 72.5 cm³/mol. The van der Waals surface area contributed by atoms with Gasteiger partial charge in [0.15, 0.2) is 0 Å². The number of esters is 1. The van der Waals surface area contributed by atoms with Crippen LogP contribution >= 0.6 is 0 Å². The number of methoxy groups -OCH3 is 1. The molecule has 1 N–H and O–H groups in total. The smallest absolute Gasteiger partial charge is 0.313 e. The van der Waals surface area contributed by atoms with Gasteiger partial charge in [0.1, 0.15) is 0 Å². The van der Waals surface area contributed by atoms with Gasteiger partial charge in [0.2, 0.25) is 0 Å². The van der Waals surface area contributed by atoms with Gasteiger partial charge in [-0.25, -0.2) is 0 Å². The Morgan fingerprint density at radius 3 is 2.72 bits per heavy atom. The zero-order valence-electron chi connectivity index (χ0n) is 11.5. The molecule has 1 aliphatic rings. The van der Waals surface area contributed by atoms with E-state index in [-0.39, 0.29) is 12.0 Å². The number of carbonyl (C=O) groups is 1. The van der Waals surface area contributed by atoms with Crippen LogP contribution in [0.15, 0.2) is 24.3 Å². The highest BCUT2D eigenvalue weighted by atomic mass is 16.5. The van der Waals surface area contributed by atoms with Crippen LogP contribution in [0, 0.1) is 11.3 Å². The zero-order valence-corrected chi connectivity index (χ0v) is 11.5. The quantitative estimate of drug-likeness (QED) is 0.817. The molecule has 0 spiro atoms. The van der Waals surface area contributed by atoms with Crippen molar-refractivity contribution in [2.45, 2.75) is 33.2 Å². The van der Waals surface area contributed by atoms with Gasteiger partial charge in [0.05, 0.1) is 12.5 Å². The van der Waals surface area contributed by atoms with E-state index >= 15 is 0 Å². The fourth-order valence-electron chi connectivity index (χ4n) is 2.98. The third kappa shape index (κ3) is 1.98. The van der Waals surface area contributed by atoms with Gasteiger partial charge in [-0.15, -0.1) is 0 Å². The van der Waals surface area contributed by atoms with Crippen molar-refractivity contribution in [2.75, 3.05) is 12.4 Å². The summed E-state index contributed by atoms with van der Waals surface area (Å²) in [5.74, 6) is 0.227. The lowest BCUT2D eigenvalue weighted by Crippen LogP contribution is -2.52. The predicted octanol–water partition coefficient (Wildman–Crippen LogP) is 2.86. The van der Waals surface area contributed by atoms with Crippen molar-refractivity contribution in [1.82, 2.24) is 0 Å². The van der Waals surface area contributed by atoms with E-state index in [0.29, 0.717) is 5.92 Å². The minimum atomic E-state index is -0.503. The molecule has 18 heavy (non-hydrogen) atoms. The molecular weight excluding hydrogens is 226 g/mol. The maximum atomic E-state index is 12.2. The molecule has 1 heterocycles. The summed E-state index contributed by atoms with van der Waals surface area (Å²) in [6.07, 6.45) is 0.728. The molecule has 3 nitrogen and oxygen atoms in total. The molecular formula is C15H21NO2. The van der Waals surface area contributed by atoms with Crippen molar-refractivity contribution >= 4 is 11.7 Å². The van der Waals surface area contributed by atoms with Crippen LogP contribution in [0.3, 0.4) is 0 Å². The second-order valence-corrected chi connectivity index (χ2v) is 5.61. The van der Waals surface area contributed by atoms with Crippen molar-refractivity contribution in [3.63, 3.8) is 0 Å². The van der Waals surface area contributed by atoms with E-state index in [1.54, 1.807) is 0 Å². The zero-order chi connectivity index (χ0) is 13.3. The topological polar surface area (TPSA) is 38.3 Å². The van der Waals surface area contributed by atoms with Gasteiger partial charge in [-0.05, 0) is 30.9 Å². The molecule has 3 heteroatoms. The fraction of sp³-hybridized carbons (Fsp3) is 0.533. The fourth-order valence-corrected chi connectivity index (χ4v) is 2.98. The lowest BCUT2D eigenvalue weighted by atomic mass is 9.70. The third-order valence-corrected chi connectivity index (χ3v) is 3.89. The Kier molecular flexibility index (Phi) is 3.33. The molecule has 2 rings (SSSR count). The van der Waals surface area contributed by atoms with Crippen LogP contribution in [0.25, 0.3) is 0 Å². The molecule has 1 aromatic carbocycles. The highest BCUT2D eigenvalue weighted by molar-refractivity contribution is 5.80. The Labute approximate surface area is 109 Å². The molecule has 0 aromatic heterocycles. The third-order valence-electron chi connectivity index (χ3n) is 3.89. The summed E-state index contributed by atoms with van der Waals surface area (Å²) < 4.78 is 5.01. The molecule has 98 valence electrons. The van der Waals surface area contributed by atoms with Gasteiger partial charge in [-0.2, -0.15) is 0 Å². The van der Waals surface area contributed by atoms with E-state index in [4.69, 9.17) is 4.74 Å². The first kappa shape index (κ1) is 12.9. The molecule has 0 radical (unpaired) electrons. The standard InChI is InChI=1S/C15H21NO2/c1-10(2)13-15(3,14(17)18-4)9-11-7-5-6-8-12(11)16-13/h5-8,10,13,16H,9H2,1-4H3/t13-,15+/m0/s1. The van der Waals surface area contributed by atoms with Gasteiger partial charge in [0.25, 0.3) is 0 Å². The largest absolute Gasteiger partial charge is 0.469 e.